The third kappa shape index (κ3) is 8.65. The third-order valence-electron chi connectivity index (χ3n) is 4.26. The van der Waals surface area contributed by atoms with Gasteiger partial charge in [-0.15, -0.1) is 0 Å². The number of aromatic nitrogens is 2. The molecule has 0 aliphatic rings. The molecule has 1 rings (SSSR count). The van der Waals surface area contributed by atoms with Crippen LogP contribution in [-0.4, -0.2) is 59.3 Å². The number of ether oxygens (including phenoxy) is 2. The lowest BCUT2D eigenvalue weighted by molar-refractivity contribution is -0.671. The van der Waals surface area contributed by atoms with Gasteiger partial charge in [0, 0.05) is 6.42 Å². The first-order valence-electron chi connectivity index (χ1n) is 9.92. The minimum atomic E-state index is -0.952. The molecule has 0 aliphatic heterocycles. The number of methoxy groups -OCH3 is 1. The second kappa shape index (κ2) is 10.8. The van der Waals surface area contributed by atoms with Crippen molar-refractivity contribution in [3.63, 3.8) is 0 Å². The number of carbonyl (C=O) groups is 4. The average molecular weight is 441 g/mol. The Bertz CT molecular complexity index is 813. The number of nitrogens with one attached hydrogen (secondary N) is 3. The minimum Gasteiger partial charge on any atom is -0.467 e. The number of carbonyl (C=O) groups excluding carboxylic acids is 4. The van der Waals surface area contributed by atoms with Gasteiger partial charge in [0.05, 0.1) is 21.2 Å². The quantitative estimate of drug-likeness (QED) is 0.368. The van der Waals surface area contributed by atoms with E-state index in [1.54, 1.807) is 20.8 Å². The van der Waals surface area contributed by atoms with Crippen molar-refractivity contribution in [1.29, 1.82) is 0 Å². The molecule has 1 aromatic rings. The summed E-state index contributed by atoms with van der Waals surface area (Å²) in [6, 6.07) is -2.81. The molecule has 3 atom stereocenters. The Kier molecular flexibility index (Phi) is 9.02. The zero-order valence-electron chi connectivity index (χ0n) is 19.4. The Hall–Kier alpha value is -3.11. The van der Waals surface area contributed by atoms with Crippen LogP contribution in [-0.2, 0) is 44.4 Å². The molecule has 174 valence electrons. The van der Waals surface area contributed by atoms with Crippen LogP contribution in [0.25, 0.3) is 0 Å². The number of hydrogen-bond acceptors (Lipinski definition) is 6. The van der Waals surface area contributed by atoms with Crippen molar-refractivity contribution in [2.45, 2.75) is 64.8 Å². The first-order valence-corrected chi connectivity index (χ1v) is 9.92. The van der Waals surface area contributed by atoms with Crippen LogP contribution in [0.3, 0.4) is 0 Å². The van der Waals surface area contributed by atoms with Gasteiger partial charge in [-0.3, -0.25) is 9.59 Å². The Morgan fingerprint density at radius 2 is 1.61 bits per heavy atom. The average Bonchev–Trinajstić information content (AvgIpc) is 2.95. The minimum absolute atomic E-state index is 0.215. The summed E-state index contributed by atoms with van der Waals surface area (Å²) in [4.78, 5) is 48.8. The van der Waals surface area contributed by atoms with Gasteiger partial charge in [0.1, 0.15) is 35.6 Å². The molecule has 31 heavy (non-hydrogen) atoms. The van der Waals surface area contributed by atoms with Gasteiger partial charge in [0.2, 0.25) is 18.1 Å². The second-order valence-electron chi connectivity index (χ2n) is 8.40. The summed E-state index contributed by atoms with van der Waals surface area (Å²) < 4.78 is 13.6. The van der Waals surface area contributed by atoms with Gasteiger partial charge >= 0.3 is 12.1 Å². The molecule has 0 radical (unpaired) electrons. The van der Waals surface area contributed by atoms with Gasteiger partial charge in [-0.25, -0.2) is 18.7 Å². The molecule has 0 fully saturated rings. The fourth-order valence-electron chi connectivity index (χ4n) is 2.70. The molecule has 0 unspecified atom stereocenters. The SMILES string of the molecule is COC(=O)[C@H](Cc1c[n+](C)cn1C)NC(=O)[C@H](C)NC(=O)[C@H](C)NC(=O)OC(C)(C)C. The van der Waals surface area contributed by atoms with E-state index in [1.165, 1.54) is 21.0 Å². The van der Waals surface area contributed by atoms with Crippen molar-refractivity contribution in [3.8, 4) is 0 Å². The van der Waals surface area contributed by atoms with Gasteiger partial charge in [-0.05, 0) is 34.6 Å². The Morgan fingerprint density at radius 1 is 1.06 bits per heavy atom. The van der Waals surface area contributed by atoms with E-state index in [2.05, 4.69) is 16.0 Å². The zero-order chi connectivity index (χ0) is 23.9. The van der Waals surface area contributed by atoms with Crippen LogP contribution in [0.5, 0.6) is 0 Å². The first-order chi connectivity index (χ1) is 14.2. The molecule has 0 saturated heterocycles. The molecule has 0 spiro atoms. The summed E-state index contributed by atoms with van der Waals surface area (Å²) in [5.74, 6) is -1.74. The summed E-state index contributed by atoms with van der Waals surface area (Å²) in [5.41, 5.74) is 0.108. The molecule has 0 aliphatic carbocycles. The molecule has 11 nitrogen and oxygen atoms in total. The number of esters is 1. The van der Waals surface area contributed by atoms with E-state index in [0.717, 1.165) is 5.69 Å². The maximum atomic E-state index is 12.6. The molecule has 1 heterocycles. The van der Waals surface area contributed by atoms with Crippen LogP contribution >= 0.6 is 0 Å². The number of imidazole rings is 1. The van der Waals surface area contributed by atoms with Gasteiger partial charge in [0.25, 0.3) is 0 Å². The van der Waals surface area contributed by atoms with Crippen molar-refractivity contribution < 1.29 is 33.2 Å². The lowest BCUT2D eigenvalue weighted by Gasteiger charge is -2.23. The van der Waals surface area contributed by atoms with Crippen molar-refractivity contribution >= 4 is 23.9 Å². The van der Waals surface area contributed by atoms with E-state index in [1.807, 2.05) is 35.8 Å². The molecule has 3 N–H and O–H groups in total. The maximum absolute atomic E-state index is 12.6. The predicted octanol–water partition coefficient (Wildman–Crippen LogP) is -0.532. The highest BCUT2D eigenvalue weighted by Crippen LogP contribution is 2.07. The van der Waals surface area contributed by atoms with E-state index in [0.29, 0.717) is 0 Å². The van der Waals surface area contributed by atoms with Crippen LogP contribution in [0, 0.1) is 0 Å². The Morgan fingerprint density at radius 3 is 2.10 bits per heavy atom. The number of hydrogen-bond donors (Lipinski definition) is 3. The lowest BCUT2D eigenvalue weighted by atomic mass is 10.1. The van der Waals surface area contributed by atoms with Crippen molar-refractivity contribution in [2.75, 3.05) is 7.11 Å². The summed E-state index contributed by atoms with van der Waals surface area (Å²) in [7, 11) is 4.91. The molecular weight excluding hydrogens is 406 g/mol. The van der Waals surface area contributed by atoms with E-state index in [-0.39, 0.29) is 6.42 Å². The third-order valence-corrected chi connectivity index (χ3v) is 4.26. The second-order valence-corrected chi connectivity index (χ2v) is 8.40. The van der Waals surface area contributed by atoms with Crippen molar-refractivity contribution in [1.82, 2.24) is 20.5 Å². The fraction of sp³-hybridized carbons (Fsp3) is 0.650. The van der Waals surface area contributed by atoms with E-state index < -0.39 is 47.6 Å². The normalized spacial score (nSPS) is 14.1. The lowest BCUT2D eigenvalue weighted by Crippen LogP contribution is -2.54. The van der Waals surface area contributed by atoms with Crippen LogP contribution in [0.1, 0.15) is 40.3 Å². The molecule has 0 bridgehead atoms. The first kappa shape index (κ1) is 25.9. The molecular formula is C20H34N5O6+. The highest BCUT2D eigenvalue weighted by molar-refractivity contribution is 5.92. The Balaban J connectivity index is 2.70. The van der Waals surface area contributed by atoms with E-state index in [9.17, 15) is 19.2 Å². The zero-order valence-corrected chi connectivity index (χ0v) is 19.4. The smallest absolute Gasteiger partial charge is 0.408 e. The highest BCUT2D eigenvalue weighted by atomic mass is 16.6. The molecule has 0 saturated carbocycles. The van der Waals surface area contributed by atoms with E-state index >= 15 is 0 Å². The summed E-state index contributed by atoms with van der Waals surface area (Å²) in [6.45, 7) is 8.06. The van der Waals surface area contributed by atoms with Crippen molar-refractivity contribution in [2.24, 2.45) is 14.1 Å². The largest absolute Gasteiger partial charge is 0.467 e. The van der Waals surface area contributed by atoms with Crippen LogP contribution < -0.4 is 20.5 Å². The molecule has 0 aromatic carbocycles. The number of amides is 3. The van der Waals surface area contributed by atoms with Crippen LogP contribution in [0.4, 0.5) is 4.79 Å². The standard InChI is InChI=1S/C20H33N5O6/c1-12(21-16(26)13(2)22-19(29)31-20(3,4)5)17(27)23-15(18(28)30-8)9-14-10-24(6)11-25(14)7/h10-13,15H,9H2,1-8H3,(H2-,21,22,23,26,27,29)/p+1/t12-,13-,15-/m0/s1. The fourth-order valence-corrected chi connectivity index (χ4v) is 2.70. The van der Waals surface area contributed by atoms with Gasteiger partial charge in [-0.2, -0.15) is 0 Å². The molecule has 11 heteroatoms. The van der Waals surface area contributed by atoms with Crippen LogP contribution in [0.15, 0.2) is 12.5 Å². The predicted molar refractivity (Wildman–Crippen MR) is 111 cm³/mol. The Labute approximate surface area is 182 Å². The van der Waals surface area contributed by atoms with Gasteiger partial charge < -0.3 is 25.4 Å². The molecule has 1 aromatic heterocycles. The number of alkyl carbamates (subject to hydrolysis) is 1. The summed E-state index contributed by atoms with van der Waals surface area (Å²) >= 11 is 0. The molecule has 3 amide bonds. The number of nitrogens with zero attached hydrogens (tertiary/aromatic N) is 2. The number of rotatable bonds is 8. The van der Waals surface area contributed by atoms with Crippen molar-refractivity contribution in [3.05, 3.63) is 18.2 Å². The summed E-state index contributed by atoms with van der Waals surface area (Å²) in [6.07, 6.45) is 3.13. The maximum Gasteiger partial charge on any atom is 0.408 e. The van der Waals surface area contributed by atoms with Crippen LogP contribution in [0.2, 0.25) is 0 Å². The summed E-state index contributed by atoms with van der Waals surface area (Å²) in [5, 5.41) is 7.52. The topological polar surface area (TPSA) is 132 Å². The van der Waals surface area contributed by atoms with E-state index in [4.69, 9.17) is 9.47 Å². The van der Waals surface area contributed by atoms with Gasteiger partial charge in [-0.1, -0.05) is 0 Å². The number of aryl methyl sites for hydroxylation is 2. The monoisotopic (exact) mass is 440 g/mol. The van der Waals surface area contributed by atoms with Gasteiger partial charge in [0.15, 0.2) is 0 Å². The highest BCUT2D eigenvalue weighted by Gasteiger charge is 2.29.